The Hall–Kier alpha value is -1.64. The fourth-order valence-corrected chi connectivity index (χ4v) is 1.40. The van der Waals surface area contributed by atoms with Crippen LogP contribution < -0.4 is 15.8 Å². The fourth-order valence-electron chi connectivity index (χ4n) is 1.02. The van der Waals surface area contributed by atoms with Gasteiger partial charge in [0.2, 0.25) is 0 Å². The van der Waals surface area contributed by atoms with Crippen molar-refractivity contribution in [1.29, 1.82) is 0 Å². The molecule has 0 fully saturated rings. The van der Waals surface area contributed by atoms with Gasteiger partial charge >= 0.3 is 11.9 Å². The number of hydrogen-bond donors (Lipinski definition) is 4. The standard InChI is InChI=1S/C10H15BrN2O.C2H2O4/c11-9-2-1-3-10(8-9)14-7-6-13-5-4-12;3-1(4)2(5)6/h1-3,8,13H,4-7,12H2;(H,3,4)(H,5,6). The van der Waals surface area contributed by atoms with Gasteiger partial charge in [-0.3, -0.25) is 0 Å². The van der Waals surface area contributed by atoms with E-state index in [1.807, 2.05) is 24.3 Å². The van der Waals surface area contributed by atoms with Crippen molar-refractivity contribution in [3.8, 4) is 5.75 Å². The first-order valence-corrected chi connectivity index (χ1v) is 6.52. The van der Waals surface area contributed by atoms with E-state index in [0.717, 1.165) is 23.3 Å². The molecule has 0 radical (unpaired) electrons. The predicted octanol–water partition coefficient (Wildman–Crippen LogP) is 0.532. The molecule has 0 spiro atoms. The van der Waals surface area contributed by atoms with Crippen molar-refractivity contribution in [2.24, 2.45) is 5.73 Å². The van der Waals surface area contributed by atoms with Crippen LogP contribution in [0.2, 0.25) is 0 Å². The summed E-state index contributed by atoms with van der Waals surface area (Å²) in [5.41, 5.74) is 5.33. The second-order valence-electron chi connectivity index (χ2n) is 3.45. The molecule has 1 aromatic rings. The van der Waals surface area contributed by atoms with E-state index in [2.05, 4.69) is 21.2 Å². The van der Waals surface area contributed by atoms with E-state index in [0.29, 0.717) is 13.2 Å². The molecule has 7 nitrogen and oxygen atoms in total. The minimum Gasteiger partial charge on any atom is -0.492 e. The molecule has 0 heterocycles. The van der Waals surface area contributed by atoms with Gasteiger partial charge in [-0.1, -0.05) is 22.0 Å². The number of rotatable bonds is 6. The highest BCUT2D eigenvalue weighted by Gasteiger charge is 2.04. The van der Waals surface area contributed by atoms with Crippen molar-refractivity contribution in [1.82, 2.24) is 5.32 Å². The second-order valence-corrected chi connectivity index (χ2v) is 4.37. The number of benzene rings is 1. The normalized spacial score (nSPS) is 9.30. The van der Waals surface area contributed by atoms with Crippen LogP contribution in [0.3, 0.4) is 0 Å². The number of halogens is 1. The molecule has 0 aliphatic carbocycles. The minimum absolute atomic E-state index is 0.663. The van der Waals surface area contributed by atoms with Gasteiger partial charge in [-0.2, -0.15) is 0 Å². The molecule has 1 rings (SSSR count). The number of nitrogens with two attached hydrogens (primary N) is 1. The molecular weight excluding hydrogens is 332 g/mol. The summed E-state index contributed by atoms with van der Waals surface area (Å²) in [6, 6.07) is 7.81. The van der Waals surface area contributed by atoms with E-state index in [1.54, 1.807) is 0 Å². The summed E-state index contributed by atoms with van der Waals surface area (Å²) in [6.45, 7) is 2.99. The van der Waals surface area contributed by atoms with Gasteiger partial charge in [-0.05, 0) is 18.2 Å². The first-order valence-electron chi connectivity index (χ1n) is 5.72. The van der Waals surface area contributed by atoms with Gasteiger partial charge in [0.1, 0.15) is 12.4 Å². The summed E-state index contributed by atoms with van der Waals surface area (Å²) in [5.74, 6) is -2.76. The topological polar surface area (TPSA) is 122 Å². The Labute approximate surface area is 124 Å². The van der Waals surface area contributed by atoms with Crippen molar-refractivity contribution in [3.63, 3.8) is 0 Å². The summed E-state index contributed by atoms with van der Waals surface area (Å²) in [4.78, 5) is 18.2. The van der Waals surface area contributed by atoms with E-state index >= 15 is 0 Å². The van der Waals surface area contributed by atoms with Crippen LogP contribution in [0, 0.1) is 0 Å². The molecule has 0 bridgehead atoms. The summed E-state index contributed by atoms with van der Waals surface area (Å²) >= 11 is 3.38. The van der Waals surface area contributed by atoms with Crippen LogP contribution in [-0.2, 0) is 9.59 Å². The van der Waals surface area contributed by atoms with Crippen LogP contribution in [0.25, 0.3) is 0 Å². The SMILES string of the molecule is NCCNCCOc1cccc(Br)c1.O=C(O)C(=O)O. The van der Waals surface area contributed by atoms with E-state index in [4.69, 9.17) is 30.3 Å². The molecular formula is C12H17BrN2O5. The fraction of sp³-hybridized carbons (Fsp3) is 0.333. The maximum atomic E-state index is 9.10. The number of aliphatic carboxylic acids is 2. The van der Waals surface area contributed by atoms with Gasteiger partial charge in [0.25, 0.3) is 0 Å². The third-order valence-electron chi connectivity index (χ3n) is 1.85. The van der Waals surface area contributed by atoms with Crippen molar-refractivity contribution >= 4 is 27.9 Å². The molecule has 1 aromatic carbocycles. The number of carboxylic acids is 2. The van der Waals surface area contributed by atoms with Gasteiger partial charge in [-0.25, -0.2) is 9.59 Å². The summed E-state index contributed by atoms with van der Waals surface area (Å²) in [7, 11) is 0. The average molecular weight is 349 g/mol. The molecule has 0 atom stereocenters. The van der Waals surface area contributed by atoms with E-state index < -0.39 is 11.9 Å². The Balaban J connectivity index is 0.000000511. The summed E-state index contributed by atoms with van der Waals surface area (Å²) < 4.78 is 6.53. The molecule has 5 N–H and O–H groups in total. The molecule has 8 heteroatoms. The maximum Gasteiger partial charge on any atom is 0.414 e. The Morgan fingerprint density at radius 1 is 1.25 bits per heavy atom. The lowest BCUT2D eigenvalue weighted by molar-refractivity contribution is -0.159. The van der Waals surface area contributed by atoms with E-state index in [9.17, 15) is 0 Å². The molecule has 112 valence electrons. The Bertz CT molecular complexity index is 416. The largest absolute Gasteiger partial charge is 0.492 e. The first-order chi connectivity index (χ1) is 9.47. The van der Waals surface area contributed by atoms with E-state index in [-0.39, 0.29) is 0 Å². The zero-order chi connectivity index (χ0) is 15.4. The Morgan fingerprint density at radius 2 is 1.90 bits per heavy atom. The van der Waals surface area contributed by atoms with E-state index in [1.165, 1.54) is 0 Å². The monoisotopic (exact) mass is 348 g/mol. The molecule has 0 aliphatic rings. The zero-order valence-corrected chi connectivity index (χ0v) is 12.3. The highest BCUT2D eigenvalue weighted by Crippen LogP contribution is 2.17. The lowest BCUT2D eigenvalue weighted by Gasteiger charge is -2.06. The van der Waals surface area contributed by atoms with Gasteiger partial charge in [0.15, 0.2) is 0 Å². The summed E-state index contributed by atoms with van der Waals surface area (Å²) in [5, 5.41) is 17.9. The lowest BCUT2D eigenvalue weighted by atomic mass is 10.3. The van der Waals surface area contributed by atoms with Gasteiger partial charge < -0.3 is 26.0 Å². The van der Waals surface area contributed by atoms with Crippen LogP contribution >= 0.6 is 15.9 Å². The van der Waals surface area contributed by atoms with Gasteiger partial charge in [0, 0.05) is 24.1 Å². The lowest BCUT2D eigenvalue weighted by Crippen LogP contribution is -2.26. The quantitative estimate of drug-likeness (QED) is 0.437. The number of nitrogens with one attached hydrogen (secondary N) is 1. The third-order valence-corrected chi connectivity index (χ3v) is 2.34. The van der Waals surface area contributed by atoms with Crippen LogP contribution in [0.4, 0.5) is 0 Å². The number of hydrogen-bond acceptors (Lipinski definition) is 5. The highest BCUT2D eigenvalue weighted by atomic mass is 79.9. The van der Waals surface area contributed by atoms with Crippen LogP contribution in [0.1, 0.15) is 0 Å². The van der Waals surface area contributed by atoms with Crippen molar-refractivity contribution in [2.75, 3.05) is 26.2 Å². The minimum atomic E-state index is -1.82. The molecule has 0 saturated heterocycles. The first kappa shape index (κ1) is 18.4. The molecule has 20 heavy (non-hydrogen) atoms. The van der Waals surface area contributed by atoms with Crippen LogP contribution in [0.15, 0.2) is 28.7 Å². The van der Waals surface area contributed by atoms with Crippen molar-refractivity contribution < 1.29 is 24.5 Å². The molecule has 0 aromatic heterocycles. The number of ether oxygens (including phenoxy) is 1. The summed E-state index contributed by atoms with van der Waals surface area (Å²) in [6.07, 6.45) is 0. The predicted molar refractivity (Wildman–Crippen MR) is 76.8 cm³/mol. The smallest absolute Gasteiger partial charge is 0.414 e. The molecule has 0 amide bonds. The van der Waals surface area contributed by atoms with Crippen LogP contribution in [-0.4, -0.2) is 48.4 Å². The Kier molecular flexibility index (Phi) is 10.3. The Morgan fingerprint density at radius 3 is 2.40 bits per heavy atom. The molecule has 0 aliphatic heterocycles. The number of carbonyl (C=O) groups is 2. The van der Waals surface area contributed by atoms with Crippen molar-refractivity contribution in [2.45, 2.75) is 0 Å². The highest BCUT2D eigenvalue weighted by molar-refractivity contribution is 9.10. The maximum absolute atomic E-state index is 9.10. The second kappa shape index (κ2) is 11.2. The molecule has 0 unspecified atom stereocenters. The molecule has 0 saturated carbocycles. The van der Waals surface area contributed by atoms with Crippen LogP contribution in [0.5, 0.6) is 5.75 Å². The van der Waals surface area contributed by atoms with Gasteiger partial charge in [-0.15, -0.1) is 0 Å². The van der Waals surface area contributed by atoms with Gasteiger partial charge in [0.05, 0.1) is 0 Å². The average Bonchev–Trinajstić information content (AvgIpc) is 2.39. The number of carboxylic acid groups (broad SMARTS) is 2. The van der Waals surface area contributed by atoms with Crippen molar-refractivity contribution in [3.05, 3.63) is 28.7 Å². The third kappa shape index (κ3) is 10.3. The zero-order valence-electron chi connectivity index (χ0n) is 10.7.